The molecule has 0 unspecified atom stereocenters. The summed E-state index contributed by atoms with van der Waals surface area (Å²) in [5, 5.41) is 3.38. The van der Waals surface area contributed by atoms with E-state index in [1.54, 1.807) is 0 Å². The van der Waals surface area contributed by atoms with Gasteiger partial charge in [-0.25, -0.2) is 0 Å². The first-order valence-electron chi connectivity index (χ1n) is 4.34. The van der Waals surface area contributed by atoms with Gasteiger partial charge in [-0.15, -0.1) is 0 Å². The van der Waals surface area contributed by atoms with Gasteiger partial charge < -0.3 is 11.1 Å². The lowest BCUT2D eigenvalue weighted by molar-refractivity contribution is 0.599. The zero-order chi connectivity index (χ0) is 7.23. The molecule has 0 aromatic carbocycles. The minimum absolute atomic E-state index is 0.816. The molecule has 1 fully saturated rings. The molecule has 0 bridgehead atoms. The Bertz CT molecular complexity index is 79.3. The van der Waals surface area contributed by atoms with Crippen molar-refractivity contribution in [2.24, 2.45) is 11.7 Å². The van der Waals surface area contributed by atoms with E-state index in [9.17, 15) is 0 Å². The SMILES string of the molecule is NCCCNCCC1CC1. The minimum Gasteiger partial charge on any atom is -0.330 e. The Labute approximate surface area is 63.2 Å². The average molecular weight is 142 g/mol. The third-order valence-corrected chi connectivity index (χ3v) is 1.98. The number of nitrogens with two attached hydrogens (primary N) is 1. The molecule has 0 saturated heterocycles. The molecule has 1 saturated carbocycles. The highest BCUT2D eigenvalue weighted by atomic mass is 14.8. The Hall–Kier alpha value is -0.0800. The Morgan fingerprint density at radius 1 is 1.30 bits per heavy atom. The molecule has 1 aliphatic rings. The summed E-state index contributed by atoms with van der Waals surface area (Å²) >= 11 is 0. The van der Waals surface area contributed by atoms with Crippen molar-refractivity contribution in [1.82, 2.24) is 5.32 Å². The van der Waals surface area contributed by atoms with Crippen molar-refractivity contribution in [3.8, 4) is 0 Å². The van der Waals surface area contributed by atoms with Crippen LogP contribution < -0.4 is 11.1 Å². The molecule has 0 radical (unpaired) electrons. The summed E-state index contributed by atoms with van der Waals surface area (Å²) in [5.41, 5.74) is 5.34. The first-order chi connectivity index (χ1) is 4.93. The summed E-state index contributed by atoms with van der Waals surface area (Å²) in [5.74, 6) is 1.06. The van der Waals surface area contributed by atoms with E-state index < -0.39 is 0 Å². The monoisotopic (exact) mass is 142 g/mol. The maximum atomic E-state index is 5.34. The van der Waals surface area contributed by atoms with Crippen molar-refractivity contribution in [2.45, 2.75) is 25.7 Å². The third kappa shape index (κ3) is 3.85. The lowest BCUT2D eigenvalue weighted by atomic mass is 10.3. The molecule has 0 spiro atoms. The Kier molecular flexibility index (Phi) is 3.76. The molecule has 1 aliphatic carbocycles. The van der Waals surface area contributed by atoms with Crippen LogP contribution in [0.5, 0.6) is 0 Å². The highest BCUT2D eigenvalue weighted by Crippen LogP contribution is 2.31. The first-order valence-corrected chi connectivity index (χ1v) is 4.34. The topological polar surface area (TPSA) is 38.0 Å². The van der Waals surface area contributed by atoms with Crippen LogP contribution >= 0.6 is 0 Å². The highest BCUT2D eigenvalue weighted by Gasteiger charge is 2.19. The van der Waals surface area contributed by atoms with Gasteiger partial charge in [-0.2, -0.15) is 0 Å². The van der Waals surface area contributed by atoms with E-state index in [1.807, 2.05) is 0 Å². The molecule has 0 aromatic rings. The van der Waals surface area contributed by atoms with Gasteiger partial charge in [0.1, 0.15) is 0 Å². The van der Waals surface area contributed by atoms with Crippen molar-refractivity contribution < 1.29 is 0 Å². The predicted molar refractivity (Wildman–Crippen MR) is 43.9 cm³/mol. The number of hydrogen-bond acceptors (Lipinski definition) is 2. The molecule has 10 heavy (non-hydrogen) atoms. The van der Waals surface area contributed by atoms with Crippen LogP contribution in [0.25, 0.3) is 0 Å². The second kappa shape index (κ2) is 4.69. The number of hydrogen-bond donors (Lipinski definition) is 2. The summed E-state index contributed by atoms with van der Waals surface area (Å²) in [6.07, 6.45) is 5.44. The zero-order valence-corrected chi connectivity index (χ0v) is 6.60. The molecule has 60 valence electrons. The molecule has 0 aromatic heterocycles. The molecule has 2 nitrogen and oxygen atoms in total. The van der Waals surface area contributed by atoms with Gasteiger partial charge in [0.05, 0.1) is 0 Å². The van der Waals surface area contributed by atoms with Crippen LogP contribution in [-0.4, -0.2) is 19.6 Å². The fourth-order valence-electron chi connectivity index (χ4n) is 1.06. The first kappa shape index (κ1) is 8.02. The van der Waals surface area contributed by atoms with Crippen molar-refractivity contribution in [3.05, 3.63) is 0 Å². The van der Waals surface area contributed by atoms with Crippen LogP contribution in [0.2, 0.25) is 0 Å². The number of rotatable bonds is 6. The average Bonchev–Trinajstić information content (AvgIpc) is 2.71. The smallest absolute Gasteiger partial charge is 0.00369 e. The van der Waals surface area contributed by atoms with E-state index in [4.69, 9.17) is 5.73 Å². The van der Waals surface area contributed by atoms with Crippen LogP contribution in [0.15, 0.2) is 0 Å². The largest absolute Gasteiger partial charge is 0.330 e. The summed E-state index contributed by atoms with van der Waals surface area (Å²) in [6, 6.07) is 0. The van der Waals surface area contributed by atoms with Gasteiger partial charge in [-0.05, 0) is 38.4 Å². The predicted octanol–water partition coefficient (Wildman–Crippen LogP) is 0.725. The van der Waals surface area contributed by atoms with Crippen molar-refractivity contribution in [2.75, 3.05) is 19.6 Å². The van der Waals surface area contributed by atoms with E-state index in [0.29, 0.717) is 0 Å². The quantitative estimate of drug-likeness (QED) is 0.536. The summed E-state index contributed by atoms with van der Waals surface area (Å²) in [7, 11) is 0. The highest BCUT2D eigenvalue weighted by molar-refractivity contribution is 4.73. The third-order valence-electron chi connectivity index (χ3n) is 1.98. The molecule has 0 heterocycles. The van der Waals surface area contributed by atoms with Gasteiger partial charge in [0.2, 0.25) is 0 Å². The Balaban J connectivity index is 1.68. The zero-order valence-electron chi connectivity index (χ0n) is 6.60. The van der Waals surface area contributed by atoms with Gasteiger partial charge >= 0.3 is 0 Å². The fraction of sp³-hybridized carbons (Fsp3) is 1.00. The van der Waals surface area contributed by atoms with E-state index in [2.05, 4.69) is 5.32 Å². The van der Waals surface area contributed by atoms with Crippen LogP contribution in [0.3, 0.4) is 0 Å². The van der Waals surface area contributed by atoms with Gasteiger partial charge in [0, 0.05) is 0 Å². The molecule has 0 amide bonds. The van der Waals surface area contributed by atoms with Gasteiger partial charge in [0.15, 0.2) is 0 Å². The second-order valence-electron chi connectivity index (χ2n) is 3.12. The maximum Gasteiger partial charge on any atom is -0.00369 e. The van der Waals surface area contributed by atoms with Gasteiger partial charge in [0.25, 0.3) is 0 Å². The van der Waals surface area contributed by atoms with Crippen LogP contribution in [0, 0.1) is 5.92 Å². The summed E-state index contributed by atoms with van der Waals surface area (Å²) < 4.78 is 0. The van der Waals surface area contributed by atoms with Gasteiger partial charge in [-0.3, -0.25) is 0 Å². The molecule has 2 heteroatoms. The van der Waals surface area contributed by atoms with Crippen LogP contribution in [0.4, 0.5) is 0 Å². The van der Waals surface area contributed by atoms with Crippen LogP contribution in [0.1, 0.15) is 25.7 Å². The molecule has 3 N–H and O–H groups in total. The van der Waals surface area contributed by atoms with Crippen LogP contribution in [-0.2, 0) is 0 Å². The standard InChI is InChI=1S/C8H18N2/c9-5-1-6-10-7-4-8-2-3-8/h8,10H,1-7,9H2. The molecule has 0 atom stereocenters. The fourth-order valence-corrected chi connectivity index (χ4v) is 1.06. The lowest BCUT2D eigenvalue weighted by Gasteiger charge is -2.00. The molecule has 0 aliphatic heterocycles. The Morgan fingerprint density at radius 3 is 2.70 bits per heavy atom. The Morgan fingerprint density at radius 2 is 2.10 bits per heavy atom. The normalized spacial score (nSPS) is 17.7. The number of nitrogens with one attached hydrogen (secondary N) is 1. The van der Waals surface area contributed by atoms with E-state index in [-0.39, 0.29) is 0 Å². The van der Waals surface area contributed by atoms with E-state index in [1.165, 1.54) is 25.8 Å². The summed E-state index contributed by atoms with van der Waals surface area (Å²) in [6.45, 7) is 3.12. The van der Waals surface area contributed by atoms with Gasteiger partial charge in [-0.1, -0.05) is 12.8 Å². The second-order valence-corrected chi connectivity index (χ2v) is 3.12. The molecular formula is C8H18N2. The minimum atomic E-state index is 0.816. The molecular weight excluding hydrogens is 124 g/mol. The van der Waals surface area contributed by atoms with Crippen molar-refractivity contribution in [3.63, 3.8) is 0 Å². The lowest BCUT2D eigenvalue weighted by Crippen LogP contribution is -2.19. The van der Waals surface area contributed by atoms with E-state index in [0.717, 1.165) is 25.4 Å². The molecule has 1 rings (SSSR count). The van der Waals surface area contributed by atoms with Crippen molar-refractivity contribution in [1.29, 1.82) is 0 Å². The van der Waals surface area contributed by atoms with Crippen molar-refractivity contribution >= 4 is 0 Å². The van der Waals surface area contributed by atoms with E-state index >= 15 is 0 Å². The summed E-state index contributed by atoms with van der Waals surface area (Å²) in [4.78, 5) is 0. The maximum absolute atomic E-state index is 5.34.